The van der Waals surface area contributed by atoms with Gasteiger partial charge in [0.25, 0.3) is 5.91 Å². The lowest BCUT2D eigenvalue weighted by Gasteiger charge is -2.16. The molecule has 0 spiro atoms. The van der Waals surface area contributed by atoms with E-state index < -0.39 is 0 Å². The second kappa shape index (κ2) is 10.2. The van der Waals surface area contributed by atoms with Crippen molar-refractivity contribution in [3.05, 3.63) is 35.4 Å². The van der Waals surface area contributed by atoms with E-state index >= 15 is 0 Å². The number of nitrogens with one attached hydrogen (secondary N) is 2. The summed E-state index contributed by atoms with van der Waals surface area (Å²) < 4.78 is 0. The van der Waals surface area contributed by atoms with E-state index in [0.717, 1.165) is 43.1 Å². The Kier molecular flexibility index (Phi) is 7.91. The molecule has 1 aliphatic heterocycles. The second-order valence-corrected chi connectivity index (χ2v) is 7.08. The van der Waals surface area contributed by atoms with E-state index in [2.05, 4.69) is 33.5 Å². The number of rotatable bonds is 7. The monoisotopic (exact) mass is 359 g/mol. The molecule has 6 nitrogen and oxygen atoms in total. The normalized spacial score (nSPS) is 18.0. The molecule has 0 radical (unpaired) electrons. The molecular formula is C20H33N5O. The maximum Gasteiger partial charge on any atom is 0.253 e. The Bertz CT molecular complexity index is 614. The third-order valence-corrected chi connectivity index (χ3v) is 4.89. The number of nitrogens with zero attached hydrogens (tertiary/aromatic N) is 3. The minimum Gasteiger partial charge on any atom is -0.356 e. The highest BCUT2D eigenvalue weighted by Gasteiger charge is 2.20. The van der Waals surface area contributed by atoms with Crippen molar-refractivity contribution < 1.29 is 4.79 Å². The molecule has 6 heteroatoms. The molecule has 1 saturated heterocycles. The Balaban J connectivity index is 1.75. The summed E-state index contributed by atoms with van der Waals surface area (Å²) in [6, 6.07) is 7.83. The maximum atomic E-state index is 12.1. The lowest BCUT2D eigenvalue weighted by atomic mass is 10.1. The largest absolute Gasteiger partial charge is 0.356 e. The fourth-order valence-electron chi connectivity index (χ4n) is 3.27. The highest BCUT2D eigenvalue weighted by atomic mass is 16.2. The van der Waals surface area contributed by atoms with Gasteiger partial charge >= 0.3 is 0 Å². The smallest absolute Gasteiger partial charge is 0.253 e. The summed E-state index contributed by atoms with van der Waals surface area (Å²) in [5.74, 6) is 1.58. The molecule has 1 aromatic rings. The topological polar surface area (TPSA) is 60.0 Å². The minimum absolute atomic E-state index is 0.0370. The van der Waals surface area contributed by atoms with E-state index in [1.807, 2.05) is 18.2 Å². The van der Waals surface area contributed by atoms with E-state index in [-0.39, 0.29) is 5.91 Å². The molecule has 0 aliphatic carbocycles. The number of carbonyl (C=O) groups is 1. The van der Waals surface area contributed by atoms with Gasteiger partial charge in [-0.15, -0.1) is 0 Å². The van der Waals surface area contributed by atoms with Crippen molar-refractivity contribution >= 4 is 11.9 Å². The average molecular weight is 360 g/mol. The van der Waals surface area contributed by atoms with Gasteiger partial charge in [0.2, 0.25) is 0 Å². The van der Waals surface area contributed by atoms with Crippen LogP contribution in [-0.4, -0.2) is 75.5 Å². The number of hydrogen-bond acceptors (Lipinski definition) is 3. The zero-order valence-electron chi connectivity index (χ0n) is 16.6. The van der Waals surface area contributed by atoms with Crippen LogP contribution in [0, 0.1) is 5.92 Å². The van der Waals surface area contributed by atoms with E-state index in [0.29, 0.717) is 5.92 Å². The van der Waals surface area contributed by atoms with E-state index in [9.17, 15) is 4.79 Å². The number of carbonyl (C=O) groups excluding carboxylic acids is 1. The van der Waals surface area contributed by atoms with Crippen molar-refractivity contribution in [2.45, 2.75) is 19.8 Å². The summed E-state index contributed by atoms with van der Waals surface area (Å²) in [6.45, 7) is 7.48. The van der Waals surface area contributed by atoms with Crippen LogP contribution < -0.4 is 10.6 Å². The number of amides is 1. The first-order chi connectivity index (χ1) is 12.5. The molecule has 1 aliphatic rings. The van der Waals surface area contributed by atoms with E-state index in [1.54, 1.807) is 26.0 Å². The molecule has 0 aromatic heterocycles. The fraction of sp³-hybridized carbons (Fsp3) is 0.600. The van der Waals surface area contributed by atoms with Crippen molar-refractivity contribution in [1.82, 2.24) is 20.4 Å². The van der Waals surface area contributed by atoms with Crippen LogP contribution in [0.4, 0.5) is 0 Å². The third-order valence-electron chi connectivity index (χ3n) is 4.89. The van der Waals surface area contributed by atoms with Crippen LogP contribution in [0.25, 0.3) is 0 Å². The molecule has 2 rings (SSSR count). The lowest BCUT2D eigenvalue weighted by Crippen LogP contribution is -2.41. The van der Waals surface area contributed by atoms with Gasteiger partial charge in [-0.05, 0) is 49.5 Å². The second-order valence-electron chi connectivity index (χ2n) is 7.08. The van der Waals surface area contributed by atoms with Gasteiger partial charge in [-0.1, -0.05) is 19.1 Å². The first-order valence-corrected chi connectivity index (χ1v) is 9.51. The van der Waals surface area contributed by atoms with Gasteiger partial charge in [0.1, 0.15) is 0 Å². The highest BCUT2D eigenvalue weighted by Crippen LogP contribution is 2.14. The van der Waals surface area contributed by atoms with Crippen LogP contribution in [0.2, 0.25) is 0 Å². The van der Waals surface area contributed by atoms with Gasteiger partial charge in [-0.25, -0.2) is 0 Å². The number of hydrogen-bond donors (Lipinski definition) is 2. The zero-order valence-corrected chi connectivity index (χ0v) is 16.6. The minimum atomic E-state index is 0.0370. The predicted octanol–water partition coefficient (Wildman–Crippen LogP) is 1.44. The Morgan fingerprint density at radius 2 is 2.15 bits per heavy atom. The van der Waals surface area contributed by atoms with Crippen molar-refractivity contribution in [2.75, 3.05) is 53.9 Å². The van der Waals surface area contributed by atoms with Crippen LogP contribution in [0.5, 0.6) is 0 Å². The Labute approximate surface area is 157 Å². The molecule has 1 heterocycles. The molecule has 144 valence electrons. The van der Waals surface area contributed by atoms with Crippen molar-refractivity contribution in [2.24, 2.45) is 10.9 Å². The predicted molar refractivity (Wildman–Crippen MR) is 108 cm³/mol. The Hall–Kier alpha value is -2.08. The quantitative estimate of drug-likeness (QED) is 0.571. The summed E-state index contributed by atoms with van der Waals surface area (Å²) >= 11 is 0. The molecule has 1 aromatic carbocycles. The summed E-state index contributed by atoms with van der Waals surface area (Å²) in [5.41, 5.74) is 1.88. The zero-order chi connectivity index (χ0) is 18.9. The van der Waals surface area contributed by atoms with Gasteiger partial charge in [0.15, 0.2) is 5.96 Å². The van der Waals surface area contributed by atoms with Crippen molar-refractivity contribution in [3.8, 4) is 0 Å². The lowest BCUT2D eigenvalue weighted by molar-refractivity contribution is 0.0827. The standard InChI is InChI=1S/C20H33N5O/c1-5-25-12-10-17(15-25)14-23-20(21-2)22-11-9-16-7-6-8-18(13-16)19(26)24(3)4/h6-8,13,17H,5,9-12,14-15H2,1-4H3,(H2,21,22,23). The van der Waals surface area contributed by atoms with Gasteiger partial charge < -0.3 is 20.4 Å². The van der Waals surface area contributed by atoms with Crippen molar-refractivity contribution in [3.63, 3.8) is 0 Å². The summed E-state index contributed by atoms with van der Waals surface area (Å²) in [5, 5.41) is 6.81. The van der Waals surface area contributed by atoms with Crippen molar-refractivity contribution in [1.29, 1.82) is 0 Å². The first kappa shape index (κ1) is 20.2. The molecule has 2 N–H and O–H groups in total. The Morgan fingerprint density at radius 3 is 2.81 bits per heavy atom. The fourth-order valence-corrected chi connectivity index (χ4v) is 3.27. The number of aliphatic imine (C=N–C) groups is 1. The van der Waals surface area contributed by atoms with Gasteiger partial charge in [-0.3, -0.25) is 9.79 Å². The molecule has 1 unspecified atom stereocenters. The third kappa shape index (κ3) is 6.02. The van der Waals surface area contributed by atoms with Crippen LogP contribution >= 0.6 is 0 Å². The van der Waals surface area contributed by atoms with Crippen LogP contribution in [0.1, 0.15) is 29.3 Å². The Morgan fingerprint density at radius 1 is 1.35 bits per heavy atom. The molecular weight excluding hydrogens is 326 g/mol. The van der Waals surface area contributed by atoms with Crippen LogP contribution in [0.15, 0.2) is 29.3 Å². The summed E-state index contributed by atoms with van der Waals surface area (Å²) in [7, 11) is 5.35. The summed E-state index contributed by atoms with van der Waals surface area (Å²) in [6.07, 6.45) is 2.10. The van der Waals surface area contributed by atoms with E-state index in [1.165, 1.54) is 19.5 Å². The van der Waals surface area contributed by atoms with E-state index in [4.69, 9.17) is 0 Å². The molecule has 1 atom stereocenters. The van der Waals surface area contributed by atoms with Gasteiger partial charge in [-0.2, -0.15) is 0 Å². The average Bonchev–Trinajstić information content (AvgIpc) is 3.12. The number of benzene rings is 1. The molecule has 1 fully saturated rings. The van der Waals surface area contributed by atoms with Crippen LogP contribution in [0.3, 0.4) is 0 Å². The number of guanidine groups is 1. The molecule has 0 bridgehead atoms. The van der Waals surface area contributed by atoms with Gasteiger partial charge in [0, 0.05) is 46.3 Å². The van der Waals surface area contributed by atoms with Gasteiger partial charge in [0.05, 0.1) is 0 Å². The first-order valence-electron chi connectivity index (χ1n) is 9.51. The molecule has 0 saturated carbocycles. The molecule has 26 heavy (non-hydrogen) atoms. The highest BCUT2D eigenvalue weighted by molar-refractivity contribution is 5.94. The SMILES string of the molecule is CCN1CCC(CNC(=NC)NCCc2cccc(C(=O)N(C)C)c2)C1. The molecule has 1 amide bonds. The van der Waals surface area contributed by atoms with Crippen LogP contribution in [-0.2, 0) is 6.42 Å². The summed E-state index contributed by atoms with van der Waals surface area (Å²) in [4.78, 5) is 20.5. The maximum absolute atomic E-state index is 12.1. The number of likely N-dealkylation sites (tertiary alicyclic amines) is 1.